The molecule has 0 radical (unpaired) electrons. The summed E-state index contributed by atoms with van der Waals surface area (Å²) in [4.78, 5) is 0. The molecule has 0 amide bonds. The SMILES string of the molecule is Cc1cc(COc2c(C)cc(CCN)cc2C)on1. The summed E-state index contributed by atoms with van der Waals surface area (Å²) in [6.45, 7) is 7.06. The van der Waals surface area contributed by atoms with E-state index in [1.165, 1.54) is 5.56 Å². The van der Waals surface area contributed by atoms with Crippen LogP contribution in [-0.4, -0.2) is 11.7 Å². The molecule has 0 atom stereocenters. The molecule has 2 aromatic rings. The number of nitrogens with two attached hydrogens (primary N) is 1. The van der Waals surface area contributed by atoms with Crippen LogP contribution in [0.3, 0.4) is 0 Å². The largest absolute Gasteiger partial charge is 0.485 e. The molecule has 2 N–H and O–H groups in total. The minimum atomic E-state index is 0.402. The van der Waals surface area contributed by atoms with Gasteiger partial charge in [-0.2, -0.15) is 0 Å². The third-order valence-corrected chi connectivity index (χ3v) is 2.99. The number of aromatic nitrogens is 1. The Bertz CT molecular complexity index is 538. The summed E-state index contributed by atoms with van der Waals surface area (Å²) in [6.07, 6.45) is 0.892. The summed E-state index contributed by atoms with van der Waals surface area (Å²) in [5.74, 6) is 1.65. The molecule has 102 valence electrons. The minimum Gasteiger partial charge on any atom is -0.485 e. The topological polar surface area (TPSA) is 61.3 Å². The predicted molar refractivity (Wildman–Crippen MR) is 74.2 cm³/mol. The van der Waals surface area contributed by atoms with E-state index in [-0.39, 0.29) is 0 Å². The Morgan fingerprint density at radius 2 is 1.84 bits per heavy atom. The molecule has 0 fully saturated rings. The first kappa shape index (κ1) is 13.6. The van der Waals surface area contributed by atoms with Gasteiger partial charge in [-0.05, 0) is 50.4 Å². The maximum absolute atomic E-state index is 5.84. The van der Waals surface area contributed by atoms with Gasteiger partial charge in [0, 0.05) is 6.07 Å². The maximum atomic E-state index is 5.84. The van der Waals surface area contributed by atoms with Crippen molar-refractivity contribution < 1.29 is 9.26 Å². The average Bonchev–Trinajstić information content (AvgIpc) is 2.74. The van der Waals surface area contributed by atoms with Gasteiger partial charge in [-0.1, -0.05) is 17.3 Å². The van der Waals surface area contributed by atoms with Crippen molar-refractivity contribution in [3.05, 3.63) is 46.3 Å². The van der Waals surface area contributed by atoms with Gasteiger partial charge in [0.1, 0.15) is 12.4 Å². The molecule has 4 heteroatoms. The van der Waals surface area contributed by atoms with Crippen LogP contribution in [0.4, 0.5) is 0 Å². The first-order valence-electron chi connectivity index (χ1n) is 6.45. The van der Waals surface area contributed by atoms with Crippen LogP contribution in [0.5, 0.6) is 5.75 Å². The third-order valence-electron chi connectivity index (χ3n) is 2.99. The Kier molecular flexibility index (Phi) is 4.22. The number of hydrogen-bond acceptors (Lipinski definition) is 4. The van der Waals surface area contributed by atoms with Crippen LogP contribution in [-0.2, 0) is 13.0 Å². The second-order valence-electron chi connectivity index (χ2n) is 4.82. The van der Waals surface area contributed by atoms with Crippen molar-refractivity contribution in [3.8, 4) is 5.75 Å². The molecule has 1 aromatic heterocycles. The highest BCUT2D eigenvalue weighted by molar-refractivity contribution is 5.43. The monoisotopic (exact) mass is 260 g/mol. The van der Waals surface area contributed by atoms with Gasteiger partial charge in [0.25, 0.3) is 0 Å². The molecule has 1 aromatic carbocycles. The molecule has 0 spiro atoms. The highest BCUT2D eigenvalue weighted by atomic mass is 16.5. The van der Waals surface area contributed by atoms with Gasteiger partial charge in [0.2, 0.25) is 0 Å². The average molecular weight is 260 g/mol. The van der Waals surface area contributed by atoms with Gasteiger partial charge in [-0.25, -0.2) is 0 Å². The van der Waals surface area contributed by atoms with Gasteiger partial charge in [0.15, 0.2) is 5.76 Å². The maximum Gasteiger partial charge on any atom is 0.174 e. The summed E-state index contributed by atoms with van der Waals surface area (Å²) in [5, 5.41) is 3.84. The summed E-state index contributed by atoms with van der Waals surface area (Å²) < 4.78 is 11.0. The quantitative estimate of drug-likeness (QED) is 0.897. The van der Waals surface area contributed by atoms with Crippen LogP contribution in [0, 0.1) is 20.8 Å². The lowest BCUT2D eigenvalue weighted by Gasteiger charge is -2.13. The molecule has 2 rings (SSSR count). The lowest BCUT2D eigenvalue weighted by Crippen LogP contribution is -2.04. The molecule has 0 saturated carbocycles. The number of hydrogen-bond donors (Lipinski definition) is 1. The normalized spacial score (nSPS) is 10.7. The predicted octanol–water partition coefficient (Wildman–Crippen LogP) is 2.68. The minimum absolute atomic E-state index is 0.402. The number of aryl methyl sites for hydroxylation is 3. The summed E-state index contributed by atoms with van der Waals surface area (Å²) in [7, 11) is 0. The van der Waals surface area contributed by atoms with Crippen LogP contribution < -0.4 is 10.5 Å². The Hall–Kier alpha value is -1.81. The summed E-state index contributed by atoms with van der Waals surface area (Å²) in [5.41, 5.74) is 9.95. The Morgan fingerprint density at radius 1 is 1.16 bits per heavy atom. The van der Waals surface area contributed by atoms with E-state index in [1.807, 2.05) is 26.8 Å². The molecule has 0 bridgehead atoms. The second-order valence-corrected chi connectivity index (χ2v) is 4.82. The highest BCUT2D eigenvalue weighted by Crippen LogP contribution is 2.26. The second kappa shape index (κ2) is 5.89. The molecule has 4 nitrogen and oxygen atoms in total. The molecular formula is C15H20N2O2. The van der Waals surface area contributed by atoms with Gasteiger partial charge in [-0.15, -0.1) is 0 Å². The van der Waals surface area contributed by atoms with Crippen molar-refractivity contribution >= 4 is 0 Å². The number of benzene rings is 1. The highest BCUT2D eigenvalue weighted by Gasteiger charge is 2.08. The summed E-state index contributed by atoms with van der Waals surface area (Å²) >= 11 is 0. The molecule has 19 heavy (non-hydrogen) atoms. The standard InChI is InChI=1S/C15H20N2O2/c1-10-6-13(4-5-16)7-11(2)15(10)18-9-14-8-12(3)17-19-14/h6-8H,4-5,9,16H2,1-3H3. The zero-order valence-corrected chi connectivity index (χ0v) is 11.7. The fourth-order valence-electron chi connectivity index (χ4n) is 2.21. The molecule has 0 saturated heterocycles. The first-order chi connectivity index (χ1) is 9.10. The van der Waals surface area contributed by atoms with Crippen molar-refractivity contribution in [3.63, 3.8) is 0 Å². The van der Waals surface area contributed by atoms with E-state index in [1.54, 1.807) is 0 Å². The fraction of sp³-hybridized carbons (Fsp3) is 0.400. The first-order valence-corrected chi connectivity index (χ1v) is 6.45. The van der Waals surface area contributed by atoms with Crippen molar-refractivity contribution in [1.29, 1.82) is 0 Å². The Labute approximate surface area is 113 Å². The van der Waals surface area contributed by atoms with Crippen molar-refractivity contribution in [1.82, 2.24) is 5.16 Å². The molecule has 1 heterocycles. The zero-order valence-electron chi connectivity index (χ0n) is 11.7. The van der Waals surface area contributed by atoms with E-state index in [4.69, 9.17) is 15.0 Å². The lowest BCUT2D eigenvalue weighted by atomic mass is 10.0. The number of rotatable bonds is 5. The molecule has 0 unspecified atom stereocenters. The van der Waals surface area contributed by atoms with E-state index < -0.39 is 0 Å². The lowest BCUT2D eigenvalue weighted by molar-refractivity contribution is 0.246. The van der Waals surface area contributed by atoms with Crippen LogP contribution in [0.2, 0.25) is 0 Å². The fourth-order valence-corrected chi connectivity index (χ4v) is 2.21. The molecular weight excluding hydrogens is 240 g/mol. The Morgan fingerprint density at radius 3 is 2.37 bits per heavy atom. The van der Waals surface area contributed by atoms with E-state index in [0.29, 0.717) is 13.2 Å². The van der Waals surface area contributed by atoms with Crippen LogP contribution in [0.25, 0.3) is 0 Å². The van der Waals surface area contributed by atoms with Crippen molar-refractivity contribution in [2.75, 3.05) is 6.54 Å². The molecule has 0 aliphatic heterocycles. The van der Waals surface area contributed by atoms with Crippen LogP contribution in [0.15, 0.2) is 22.7 Å². The van der Waals surface area contributed by atoms with Gasteiger partial charge in [-0.3, -0.25) is 0 Å². The van der Waals surface area contributed by atoms with Gasteiger partial charge in [0.05, 0.1) is 5.69 Å². The van der Waals surface area contributed by atoms with Crippen molar-refractivity contribution in [2.24, 2.45) is 5.73 Å². The summed E-state index contributed by atoms with van der Waals surface area (Å²) in [6, 6.07) is 6.13. The van der Waals surface area contributed by atoms with Gasteiger partial charge >= 0.3 is 0 Å². The third kappa shape index (κ3) is 3.35. The van der Waals surface area contributed by atoms with Gasteiger partial charge < -0.3 is 15.0 Å². The molecule has 0 aliphatic carbocycles. The van der Waals surface area contributed by atoms with E-state index in [9.17, 15) is 0 Å². The van der Waals surface area contributed by atoms with E-state index in [2.05, 4.69) is 17.3 Å². The van der Waals surface area contributed by atoms with E-state index in [0.717, 1.165) is 34.8 Å². The number of ether oxygens (including phenoxy) is 1. The number of nitrogens with zero attached hydrogens (tertiary/aromatic N) is 1. The van der Waals surface area contributed by atoms with E-state index >= 15 is 0 Å². The smallest absolute Gasteiger partial charge is 0.174 e. The van der Waals surface area contributed by atoms with Crippen molar-refractivity contribution in [2.45, 2.75) is 33.8 Å². The van der Waals surface area contributed by atoms with Crippen LogP contribution in [0.1, 0.15) is 28.1 Å². The Balaban J connectivity index is 2.11. The zero-order chi connectivity index (χ0) is 13.8. The van der Waals surface area contributed by atoms with Crippen LogP contribution >= 0.6 is 0 Å². The molecule has 0 aliphatic rings.